The van der Waals surface area contributed by atoms with Crippen molar-refractivity contribution in [2.75, 3.05) is 0 Å². The molecule has 108 valence electrons. The van der Waals surface area contributed by atoms with Crippen LogP contribution < -0.4 is 4.74 Å². The Morgan fingerprint density at radius 3 is 2.45 bits per heavy atom. The molecular formula is C14H15F3N2O. The lowest BCUT2D eigenvalue weighted by molar-refractivity contribution is -0.274. The first-order chi connectivity index (χ1) is 9.39. The third kappa shape index (κ3) is 3.53. The minimum Gasteiger partial charge on any atom is -0.406 e. The summed E-state index contributed by atoms with van der Waals surface area (Å²) in [6.07, 6.45) is -0.0108. The molecule has 2 aromatic rings. The summed E-state index contributed by atoms with van der Waals surface area (Å²) in [5.74, 6) is 0.159. The molecule has 1 unspecified atom stereocenters. The van der Waals surface area contributed by atoms with E-state index in [2.05, 4.69) is 23.7 Å². The number of rotatable bonds is 4. The van der Waals surface area contributed by atoms with Gasteiger partial charge in [0, 0.05) is 6.20 Å². The van der Waals surface area contributed by atoms with Crippen LogP contribution in [0, 0.1) is 0 Å². The standard InChI is InChI=1S/C14H15F3N2O/c1-3-10(2)11-8-18-19(9-11)12-4-6-13(7-5-12)20-14(15,16)17/h4-10H,3H2,1-2H3. The smallest absolute Gasteiger partial charge is 0.406 e. The van der Waals surface area contributed by atoms with E-state index >= 15 is 0 Å². The molecule has 3 nitrogen and oxygen atoms in total. The third-order valence-electron chi connectivity index (χ3n) is 3.12. The zero-order chi connectivity index (χ0) is 14.8. The minimum atomic E-state index is -4.67. The van der Waals surface area contributed by atoms with Crippen molar-refractivity contribution in [2.24, 2.45) is 0 Å². The van der Waals surface area contributed by atoms with E-state index in [4.69, 9.17) is 0 Å². The Bertz CT molecular complexity index is 561. The quantitative estimate of drug-likeness (QED) is 0.837. The summed E-state index contributed by atoms with van der Waals surface area (Å²) in [4.78, 5) is 0. The summed E-state index contributed by atoms with van der Waals surface area (Å²) in [6.45, 7) is 4.19. The number of alkyl halides is 3. The number of ether oxygens (including phenoxy) is 1. The zero-order valence-corrected chi connectivity index (χ0v) is 11.2. The lowest BCUT2D eigenvalue weighted by atomic mass is 10.0. The maximum Gasteiger partial charge on any atom is 0.573 e. The largest absolute Gasteiger partial charge is 0.573 e. The molecule has 1 aromatic heterocycles. The summed E-state index contributed by atoms with van der Waals surface area (Å²) in [6, 6.07) is 5.61. The Kier molecular flexibility index (Phi) is 4.01. The van der Waals surface area contributed by atoms with Crippen molar-refractivity contribution in [1.82, 2.24) is 9.78 Å². The molecule has 0 saturated heterocycles. The highest BCUT2D eigenvalue weighted by Gasteiger charge is 2.30. The maximum absolute atomic E-state index is 12.1. The van der Waals surface area contributed by atoms with E-state index in [-0.39, 0.29) is 5.75 Å². The molecule has 1 atom stereocenters. The number of benzene rings is 1. The second-order valence-corrected chi connectivity index (χ2v) is 4.57. The summed E-state index contributed by atoms with van der Waals surface area (Å²) in [5, 5.41) is 4.21. The van der Waals surface area contributed by atoms with Crippen LogP contribution >= 0.6 is 0 Å². The van der Waals surface area contributed by atoms with Crippen molar-refractivity contribution < 1.29 is 17.9 Å². The second kappa shape index (κ2) is 5.56. The van der Waals surface area contributed by atoms with E-state index < -0.39 is 6.36 Å². The van der Waals surface area contributed by atoms with Gasteiger partial charge in [-0.3, -0.25) is 0 Å². The fraction of sp³-hybridized carbons (Fsp3) is 0.357. The monoisotopic (exact) mass is 284 g/mol. The Morgan fingerprint density at radius 2 is 1.90 bits per heavy atom. The maximum atomic E-state index is 12.1. The number of hydrogen-bond donors (Lipinski definition) is 0. The Morgan fingerprint density at radius 1 is 1.25 bits per heavy atom. The number of nitrogens with zero attached hydrogens (tertiary/aromatic N) is 2. The lowest BCUT2D eigenvalue weighted by Gasteiger charge is -2.09. The first-order valence-electron chi connectivity index (χ1n) is 6.30. The van der Waals surface area contributed by atoms with Crippen LogP contribution in [0.25, 0.3) is 5.69 Å². The van der Waals surface area contributed by atoms with Crippen LogP contribution in [0.1, 0.15) is 31.7 Å². The molecule has 0 aliphatic carbocycles. The molecule has 0 saturated carbocycles. The first-order valence-corrected chi connectivity index (χ1v) is 6.30. The van der Waals surface area contributed by atoms with Crippen LogP contribution in [-0.4, -0.2) is 16.1 Å². The summed E-state index contributed by atoms with van der Waals surface area (Å²) in [5.41, 5.74) is 1.79. The molecule has 0 bridgehead atoms. The van der Waals surface area contributed by atoms with E-state index in [0.717, 1.165) is 12.0 Å². The van der Waals surface area contributed by atoms with Crippen LogP contribution in [-0.2, 0) is 0 Å². The molecule has 0 radical (unpaired) electrons. The number of aromatic nitrogens is 2. The van der Waals surface area contributed by atoms with E-state index in [0.29, 0.717) is 11.6 Å². The second-order valence-electron chi connectivity index (χ2n) is 4.57. The average molecular weight is 284 g/mol. The summed E-state index contributed by atoms with van der Waals surface area (Å²) < 4.78 is 41.6. The Labute approximate surface area is 115 Å². The van der Waals surface area contributed by atoms with Crippen molar-refractivity contribution >= 4 is 0 Å². The molecule has 1 heterocycles. The fourth-order valence-corrected chi connectivity index (χ4v) is 1.77. The van der Waals surface area contributed by atoms with Gasteiger partial charge in [0.2, 0.25) is 0 Å². The van der Waals surface area contributed by atoms with Crippen LogP contribution in [0.15, 0.2) is 36.7 Å². The molecule has 0 fully saturated rings. The van der Waals surface area contributed by atoms with Crippen molar-refractivity contribution in [2.45, 2.75) is 32.5 Å². The molecule has 2 rings (SSSR count). The SMILES string of the molecule is CCC(C)c1cnn(-c2ccc(OC(F)(F)F)cc2)c1. The van der Waals surface area contributed by atoms with E-state index in [9.17, 15) is 13.2 Å². The van der Waals surface area contributed by atoms with Crippen LogP contribution in [0.3, 0.4) is 0 Å². The topological polar surface area (TPSA) is 27.1 Å². The first kappa shape index (κ1) is 14.4. The normalized spacial score (nSPS) is 13.2. The molecule has 0 aliphatic rings. The van der Waals surface area contributed by atoms with Crippen LogP contribution in [0.2, 0.25) is 0 Å². The van der Waals surface area contributed by atoms with Gasteiger partial charge in [-0.1, -0.05) is 13.8 Å². The highest BCUT2D eigenvalue weighted by Crippen LogP contribution is 2.24. The van der Waals surface area contributed by atoms with Crippen molar-refractivity contribution in [3.05, 3.63) is 42.2 Å². The predicted octanol–water partition coefficient (Wildman–Crippen LogP) is 4.28. The molecule has 20 heavy (non-hydrogen) atoms. The summed E-state index contributed by atoms with van der Waals surface area (Å²) >= 11 is 0. The molecule has 1 aromatic carbocycles. The lowest BCUT2D eigenvalue weighted by Crippen LogP contribution is -2.17. The average Bonchev–Trinajstić information content (AvgIpc) is 2.86. The van der Waals surface area contributed by atoms with E-state index in [1.165, 1.54) is 24.3 Å². The van der Waals surface area contributed by atoms with Crippen LogP contribution in [0.5, 0.6) is 5.75 Å². The van der Waals surface area contributed by atoms with Gasteiger partial charge in [-0.15, -0.1) is 13.2 Å². The summed E-state index contributed by atoms with van der Waals surface area (Å²) in [7, 11) is 0. The number of hydrogen-bond acceptors (Lipinski definition) is 2. The van der Waals surface area contributed by atoms with Gasteiger partial charge in [-0.25, -0.2) is 4.68 Å². The van der Waals surface area contributed by atoms with Gasteiger partial charge in [0.05, 0.1) is 11.9 Å². The zero-order valence-electron chi connectivity index (χ0n) is 11.2. The third-order valence-corrected chi connectivity index (χ3v) is 3.12. The molecule has 0 N–H and O–H groups in total. The molecule has 0 amide bonds. The highest BCUT2D eigenvalue weighted by atomic mass is 19.4. The van der Waals surface area contributed by atoms with Gasteiger partial charge >= 0.3 is 6.36 Å². The molecule has 6 heteroatoms. The fourth-order valence-electron chi connectivity index (χ4n) is 1.77. The van der Waals surface area contributed by atoms with Crippen molar-refractivity contribution in [3.63, 3.8) is 0 Å². The molecule has 0 aliphatic heterocycles. The van der Waals surface area contributed by atoms with Gasteiger partial charge in [0.1, 0.15) is 5.75 Å². The van der Waals surface area contributed by atoms with E-state index in [1.54, 1.807) is 10.9 Å². The van der Waals surface area contributed by atoms with Gasteiger partial charge < -0.3 is 4.74 Å². The Balaban J connectivity index is 2.15. The van der Waals surface area contributed by atoms with Gasteiger partial charge in [-0.05, 0) is 42.2 Å². The van der Waals surface area contributed by atoms with Crippen molar-refractivity contribution in [1.29, 1.82) is 0 Å². The number of halogens is 3. The van der Waals surface area contributed by atoms with Gasteiger partial charge in [-0.2, -0.15) is 5.10 Å². The van der Waals surface area contributed by atoms with E-state index in [1.807, 2.05) is 6.20 Å². The highest BCUT2D eigenvalue weighted by molar-refractivity contribution is 5.37. The van der Waals surface area contributed by atoms with Crippen LogP contribution in [0.4, 0.5) is 13.2 Å². The molecular weight excluding hydrogens is 269 g/mol. The predicted molar refractivity (Wildman–Crippen MR) is 69.0 cm³/mol. The van der Waals surface area contributed by atoms with Crippen molar-refractivity contribution in [3.8, 4) is 11.4 Å². The van der Waals surface area contributed by atoms with Gasteiger partial charge in [0.15, 0.2) is 0 Å². The minimum absolute atomic E-state index is 0.240. The van der Waals surface area contributed by atoms with Gasteiger partial charge in [0.25, 0.3) is 0 Å². The Hall–Kier alpha value is -1.98. The molecule has 0 spiro atoms.